The van der Waals surface area contributed by atoms with E-state index in [-0.39, 0.29) is 0 Å². The molecule has 1 atom stereocenters. The maximum Gasteiger partial charge on any atom is 0.138 e. The van der Waals surface area contributed by atoms with E-state index in [0.29, 0.717) is 5.92 Å². The van der Waals surface area contributed by atoms with E-state index in [0.717, 1.165) is 36.2 Å². The first kappa shape index (κ1) is 15.2. The van der Waals surface area contributed by atoms with Gasteiger partial charge in [-0.3, -0.25) is 4.68 Å². The number of benzene rings is 1. The van der Waals surface area contributed by atoms with Gasteiger partial charge in [-0.2, -0.15) is 5.10 Å². The summed E-state index contributed by atoms with van der Waals surface area (Å²) >= 11 is 3.55. The van der Waals surface area contributed by atoms with Crippen LogP contribution in [0.15, 0.2) is 35.1 Å². The van der Waals surface area contributed by atoms with Gasteiger partial charge in [-0.25, -0.2) is 4.98 Å². The van der Waals surface area contributed by atoms with Crippen molar-refractivity contribution in [1.82, 2.24) is 20.1 Å². The second-order valence-electron chi connectivity index (χ2n) is 4.91. The first-order valence-electron chi connectivity index (χ1n) is 7.01. The zero-order valence-corrected chi connectivity index (χ0v) is 13.6. The van der Waals surface area contributed by atoms with Gasteiger partial charge < -0.3 is 5.32 Å². The summed E-state index contributed by atoms with van der Waals surface area (Å²) in [4.78, 5) is 4.42. The van der Waals surface area contributed by atoms with Gasteiger partial charge in [-0.05, 0) is 31.2 Å². The second-order valence-corrected chi connectivity index (χ2v) is 5.83. The summed E-state index contributed by atoms with van der Waals surface area (Å²) in [5, 5.41) is 7.58. The molecule has 0 fully saturated rings. The number of nitrogens with zero attached hydrogens (tertiary/aromatic N) is 3. The van der Waals surface area contributed by atoms with Crippen LogP contribution in [0.3, 0.4) is 0 Å². The van der Waals surface area contributed by atoms with Crippen molar-refractivity contribution in [3.8, 4) is 0 Å². The summed E-state index contributed by atoms with van der Waals surface area (Å²) < 4.78 is 3.13. The molecule has 108 valence electrons. The van der Waals surface area contributed by atoms with Gasteiger partial charge in [0.15, 0.2) is 0 Å². The molecule has 0 spiro atoms. The summed E-state index contributed by atoms with van der Waals surface area (Å²) in [7, 11) is 1.99. The van der Waals surface area contributed by atoms with E-state index in [1.807, 2.05) is 11.7 Å². The van der Waals surface area contributed by atoms with Gasteiger partial charge in [0.05, 0.1) is 0 Å². The Hall–Kier alpha value is -1.20. The molecule has 0 aliphatic rings. The van der Waals surface area contributed by atoms with E-state index in [1.165, 1.54) is 5.56 Å². The molecule has 5 heteroatoms. The van der Waals surface area contributed by atoms with Crippen molar-refractivity contribution in [2.24, 2.45) is 0 Å². The van der Waals surface area contributed by atoms with Gasteiger partial charge in [0.1, 0.15) is 12.2 Å². The Morgan fingerprint density at radius 3 is 2.95 bits per heavy atom. The Kier molecular flexibility index (Phi) is 5.73. The molecule has 1 aromatic heterocycles. The molecule has 0 saturated heterocycles. The van der Waals surface area contributed by atoms with Crippen molar-refractivity contribution in [3.63, 3.8) is 0 Å². The fourth-order valence-corrected chi connectivity index (χ4v) is 2.80. The molecule has 4 nitrogen and oxygen atoms in total. The first-order chi connectivity index (χ1) is 9.74. The van der Waals surface area contributed by atoms with Gasteiger partial charge in [-0.1, -0.05) is 35.0 Å². The summed E-state index contributed by atoms with van der Waals surface area (Å²) in [5.41, 5.74) is 1.32. The lowest BCUT2D eigenvalue weighted by Gasteiger charge is -2.17. The van der Waals surface area contributed by atoms with Crippen molar-refractivity contribution in [3.05, 3.63) is 46.5 Å². The molecule has 2 aromatic rings. The predicted molar refractivity (Wildman–Crippen MR) is 84.8 cm³/mol. The topological polar surface area (TPSA) is 42.7 Å². The van der Waals surface area contributed by atoms with E-state index in [2.05, 4.69) is 62.5 Å². The molecule has 0 saturated carbocycles. The molecule has 20 heavy (non-hydrogen) atoms. The number of nitrogens with one attached hydrogen (secondary N) is 1. The zero-order chi connectivity index (χ0) is 14.4. The lowest BCUT2D eigenvalue weighted by Crippen LogP contribution is -2.21. The number of hydrogen-bond donors (Lipinski definition) is 1. The lowest BCUT2D eigenvalue weighted by molar-refractivity contribution is 0.533. The van der Waals surface area contributed by atoms with Crippen LogP contribution in [0.5, 0.6) is 0 Å². The molecule has 0 amide bonds. The highest BCUT2D eigenvalue weighted by Gasteiger charge is 2.15. The second kappa shape index (κ2) is 7.55. The molecule has 0 aliphatic carbocycles. The van der Waals surface area contributed by atoms with Gasteiger partial charge in [0.25, 0.3) is 0 Å². The van der Waals surface area contributed by atoms with Gasteiger partial charge in [-0.15, -0.1) is 0 Å². The van der Waals surface area contributed by atoms with Crippen molar-refractivity contribution in [2.45, 2.75) is 32.2 Å². The largest absolute Gasteiger partial charge is 0.319 e. The summed E-state index contributed by atoms with van der Waals surface area (Å²) in [6.07, 6.45) is 3.63. The maximum atomic E-state index is 4.42. The van der Waals surface area contributed by atoms with Crippen LogP contribution in [0.25, 0.3) is 0 Å². The van der Waals surface area contributed by atoms with Crippen LogP contribution in [0.4, 0.5) is 0 Å². The van der Waals surface area contributed by atoms with Crippen LogP contribution in [-0.4, -0.2) is 28.4 Å². The predicted octanol–water partition coefficient (Wildman–Crippen LogP) is 3.00. The average molecular weight is 337 g/mol. The van der Waals surface area contributed by atoms with Gasteiger partial charge in [0, 0.05) is 29.9 Å². The minimum atomic E-state index is 0.400. The van der Waals surface area contributed by atoms with Crippen molar-refractivity contribution >= 4 is 15.9 Å². The minimum Gasteiger partial charge on any atom is -0.319 e. The average Bonchev–Trinajstić information content (AvgIpc) is 2.86. The number of halogens is 1. The van der Waals surface area contributed by atoms with E-state index in [9.17, 15) is 0 Å². The Morgan fingerprint density at radius 1 is 1.40 bits per heavy atom. The van der Waals surface area contributed by atoms with E-state index >= 15 is 0 Å². The SMILES string of the molecule is CCCn1ncnc1CC(CNC)c1cccc(Br)c1. The Balaban J connectivity index is 2.18. The monoisotopic (exact) mass is 336 g/mol. The smallest absolute Gasteiger partial charge is 0.138 e. The number of likely N-dealkylation sites (N-methyl/N-ethyl adjacent to an activating group) is 1. The zero-order valence-electron chi connectivity index (χ0n) is 12.0. The molecule has 0 radical (unpaired) electrons. The fraction of sp³-hybridized carbons (Fsp3) is 0.467. The third kappa shape index (κ3) is 3.90. The normalized spacial score (nSPS) is 12.6. The number of aryl methyl sites for hydroxylation is 1. The molecule has 1 aromatic carbocycles. The van der Waals surface area contributed by atoms with Crippen molar-refractivity contribution in [1.29, 1.82) is 0 Å². The molecule has 0 bridgehead atoms. The number of aromatic nitrogens is 3. The van der Waals surface area contributed by atoms with Crippen molar-refractivity contribution in [2.75, 3.05) is 13.6 Å². The molecular weight excluding hydrogens is 316 g/mol. The van der Waals surface area contributed by atoms with Crippen molar-refractivity contribution < 1.29 is 0 Å². The van der Waals surface area contributed by atoms with Crippen LogP contribution in [0.2, 0.25) is 0 Å². The Labute approximate surface area is 128 Å². The van der Waals surface area contributed by atoms with Crippen LogP contribution in [0, 0.1) is 0 Å². The number of hydrogen-bond acceptors (Lipinski definition) is 3. The quantitative estimate of drug-likeness (QED) is 0.845. The third-order valence-corrected chi connectivity index (χ3v) is 3.82. The van der Waals surface area contributed by atoms with E-state index in [1.54, 1.807) is 6.33 Å². The highest BCUT2D eigenvalue weighted by atomic mass is 79.9. The molecule has 1 N–H and O–H groups in total. The standard InChI is InChI=1S/C15H21BrN4/c1-3-7-20-15(18-11-19-20)9-13(10-17-2)12-5-4-6-14(16)8-12/h4-6,8,11,13,17H,3,7,9-10H2,1-2H3. The molecule has 1 unspecified atom stereocenters. The third-order valence-electron chi connectivity index (χ3n) is 3.33. The van der Waals surface area contributed by atoms with Crippen LogP contribution in [0.1, 0.15) is 30.7 Å². The van der Waals surface area contributed by atoms with Crippen LogP contribution < -0.4 is 5.32 Å². The van der Waals surface area contributed by atoms with Gasteiger partial charge >= 0.3 is 0 Å². The molecule has 0 aliphatic heterocycles. The Bertz CT molecular complexity index is 538. The summed E-state index contributed by atoms with van der Waals surface area (Å²) in [6, 6.07) is 8.49. The molecular formula is C15H21BrN4. The van der Waals surface area contributed by atoms with E-state index < -0.39 is 0 Å². The van der Waals surface area contributed by atoms with Gasteiger partial charge in [0.2, 0.25) is 0 Å². The van der Waals surface area contributed by atoms with E-state index in [4.69, 9.17) is 0 Å². The minimum absolute atomic E-state index is 0.400. The van der Waals surface area contributed by atoms with Crippen LogP contribution in [-0.2, 0) is 13.0 Å². The Morgan fingerprint density at radius 2 is 2.25 bits per heavy atom. The lowest BCUT2D eigenvalue weighted by atomic mass is 9.95. The summed E-state index contributed by atoms with van der Waals surface area (Å²) in [6.45, 7) is 4.01. The fourth-order valence-electron chi connectivity index (χ4n) is 2.38. The number of rotatable bonds is 7. The first-order valence-corrected chi connectivity index (χ1v) is 7.80. The maximum absolute atomic E-state index is 4.42. The van der Waals surface area contributed by atoms with Crippen LogP contribution >= 0.6 is 15.9 Å². The molecule has 1 heterocycles. The highest BCUT2D eigenvalue weighted by molar-refractivity contribution is 9.10. The molecule has 2 rings (SSSR count). The highest BCUT2D eigenvalue weighted by Crippen LogP contribution is 2.22. The summed E-state index contributed by atoms with van der Waals surface area (Å²) in [5.74, 6) is 1.46.